The lowest BCUT2D eigenvalue weighted by atomic mass is 10.2. The van der Waals surface area contributed by atoms with Crippen molar-refractivity contribution in [1.82, 2.24) is 24.5 Å². The van der Waals surface area contributed by atoms with Crippen molar-refractivity contribution in [3.05, 3.63) is 35.9 Å². The molecule has 0 saturated carbocycles. The number of amides is 1. The van der Waals surface area contributed by atoms with E-state index in [0.29, 0.717) is 22.6 Å². The highest BCUT2D eigenvalue weighted by atomic mass is 16.2. The van der Waals surface area contributed by atoms with Gasteiger partial charge in [-0.25, -0.2) is 4.98 Å². The number of nitrogens with zero attached hydrogens (tertiary/aromatic N) is 5. The van der Waals surface area contributed by atoms with Crippen molar-refractivity contribution in [2.75, 3.05) is 5.32 Å². The smallest absolute Gasteiger partial charge is 0.274 e. The summed E-state index contributed by atoms with van der Waals surface area (Å²) < 4.78 is 1.70. The maximum Gasteiger partial charge on any atom is 0.274 e. The topological polar surface area (TPSA) is 77.6 Å². The molecule has 2 heterocycles. The summed E-state index contributed by atoms with van der Waals surface area (Å²) in [4.78, 5) is 17.9. The molecule has 7 nitrogen and oxygen atoms in total. The highest BCUT2D eigenvalue weighted by Gasteiger charge is 2.16. The molecule has 1 N–H and O–H groups in total. The van der Waals surface area contributed by atoms with Gasteiger partial charge in [0.2, 0.25) is 0 Å². The number of benzene rings is 1. The number of aryl methyl sites for hydroxylation is 3. The summed E-state index contributed by atoms with van der Waals surface area (Å²) in [7, 11) is 3.54. The van der Waals surface area contributed by atoms with Crippen molar-refractivity contribution in [2.24, 2.45) is 14.1 Å². The Morgan fingerprint density at radius 2 is 2.05 bits per heavy atom. The first kappa shape index (κ1) is 12.3. The van der Waals surface area contributed by atoms with Crippen LogP contribution in [0.3, 0.4) is 0 Å². The van der Waals surface area contributed by atoms with Gasteiger partial charge in [-0.15, -0.1) is 0 Å². The van der Waals surface area contributed by atoms with Crippen LogP contribution < -0.4 is 5.32 Å². The van der Waals surface area contributed by atoms with Crippen molar-refractivity contribution in [3.8, 4) is 0 Å². The lowest BCUT2D eigenvalue weighted by molar-refractivity contribution is 0.101. The quantitative estimate of drug-likeness (QED) is 0.760. The molecule has 3 rings (SSSR count). The normalized spacial score (nSPS) is 10.9. The van der Waals surface area contributed by atoms with Crippen molar-refractivity contribution in [2.45, 2.75) is 6.92 Å². The molecular formula is C13H14N6O. The second-order valence-electron chi connectivity index (χ2n) is 4.61. The van der Waals surface area contributed by atoms with E-state index in [1.54, 1.807) is 38.0 Å². The average molecular weight is 270 g/mol. The Labute approximate surface area is 115 Å². The maximum atomic E-state index is 12.3. The van der Waals surface area contributed by atoms with Gasteiger partial charge in [0, 0.05) is 14.1 Å². The molecule has 0 aliphatic heterocycles. The van der Waals surface area contributed by atoms with Crippen LogP contribution in [0.1, 0.15) is 16.2 Å². The van der Waals surface area contributed by atoms with E-state index >= 15 is 0 Å². The van der Waals surface area contributed by atoms with Crippen LogP contribution in [-0.4, -0.2) is 30.5 Å². The molecule has 102 valence electrons. The zero-order chi connectivity index (χ0) is 14.3. The predicted octanol–water partition coefficient (Wildman–Crippen LogP) is 1.26. The first-order valence-electron chi connectivity index (χ1n) is 6.15. The molecule has 0 atom stereocenters. The molecule has 0 spiro atoms. The summed E-state index contributed by atoms with van der Waals surface area (Å²) in [6.45, 7) is 1.80. The molecule has 0 bridgehead atoms. The minimum absolute atomic E-state index is 0.208. The monoisotopic (exact) mass is 270 g/mol. The maximum absolute atomic E-state index is 12.3. The number of rotatable bonds is 2. The van der Waals surface area contributed by atoms with Crippen LogP contribution in [0.4, 0.5) is 5.69 Å². The highest BCUT2D eigenvalue weighted by molar-refractivity contribution is 6.07. The van der Waals surface area contributed by atoms with Gasteiger partial charge < -0.3 is 9.88 Å². The van der Waals surface area contributed by atoms with E-state index in [0.717, 1.165) is 5.52 Å². The number of aromatic nitrogens is 5. The fourth-order valence-electron chi connectivity index (χ4n) is 2.19. The highest BCUT2D eigenvalue weighted by Crippen LogP contribution is 2.20. The van der Waals surface area contributed by atoms with Crippen LogP contribution in [-0.2, 0) is 14.1 Å². The molecule has 0 unspecified atom stereocenters. The van der Waals surface area contributed by atoms with Crippen LogP contribution in [0.5, 0.6) is 0 Å². The number of hydrogen-bond donors (Lipinski definition) is 1. The second kappa shape index (κ2) is 4.44. The molecule has 0 aliphatic rings. The first-order valence-corrected chi connectivity index (χ1v) is 6.15. The SMILES string of the molecule is Cc1ncn(C)c1C(=O)Nc1cccc2nn(C)nc12. The van der Waals surface area contributed by atoms with Crippen molar-refractivity contribution in [3.63, 3.8) is 0 Å². The molecule has 0 fully saturated rings. The predicted molar refractivity (Wildman–Crippen MR) is 74.4 cm³/mol. The Kier molecular flexibility index (Phi) is 2.74. The van der Waals surface area contributed by atoms with E-state index in [1.807, 2.05) is 12.1 Å². The van der Waals surface area contributed by atoms with Gasteiger partial charge in [0.25, 0.3) is 5.91 Å². The lowest BCUT2D eigenvalue weighted by Crippen LogP contribution is -2.17. The molecule has 7 heteroatoms. The Balaban J connectivity index is 1.99. The van der Waals surface area contributed by atoms with Gasteiger partial charge in [-0.1, -0.05) is 6.07 Å². The molecule has 0 saturated heterocycles. The number of anilines is 1. The van der Waals surface area contributed by atoms with Gasteiger partial charge in [-0.05, 0) is 19.1 Å². The molecule has 20 heavy (non-hydrogen) atoms. The van der Waals surface area contributed by atoms with Crippen LogP contribution >= 0.6 is 0 Å². The molecule has 2 aromatic heterocycles. The zero-order valence-corrected chi connectivity index (χ0v) is 11.5. The minimum atomic E-state index is -0.208. The number of carbonyl (C=O) groups excluding carboxylic acids is 1. The third kappa shape index (κ3) is 1.93. The molecular weight excluding hydrogens is 256 g/mol. The number of nitrogens with one attached hydrogen (secondary N) is 1. The van der Waals surface area contributed by atoms with Crippen LogP contribution in [0.25, 0.3) is 11.0 Å². The van der Waals surface area contributed by atoms with Gasteiger partial charge in [0.15, 0.2) is 0 Å². The number of hydrogen-bond acceptors (Lipinski definition) is 4. The van der Waals surface area contributed by atoms with Gasteiger partial charge in [-0.3, -0.25) is 4.79 Å². The fraction of sp³-hybridized carbons (Fsp3) is 0.231. The summed E-state index contributed by atoms with van der Waals surface area (Å²) >= 11 is 0. The summed E-state index contributed by atoms with van der Waals surface area (Å²) in [5.74, 6) is -0.208. The third-order valence-corrected chi connectivity index (χ3v) is 3.10. The standard InChI is InChI=1S/C13H14N6O/c1-8-12(18(2)7-14-8)13(20)15-9-5-4-6-10-11(9)17-19(3)16-10/h4-7H,1-3H3,(H,15,20). The molecule has 0 radical (unpaired) electrons. The summed E-state index contributed by atoms with van der Waals surface area (Å²) in [5, 5.41) is 11.3. The first-order chi connectivity index (χ1) is 9.56. The van der Waals surface area contributed by atoms with Gasteiger partial charge in [-0.2, -0.15) is 15.0 Å². The largest absolute Gasteiger partial charge is 0.330 e. The van der Waals surface area contributed by atoms with E-state index in [-0.39, 0.29) is 5.91 Å². The third-order valence-electron chi connectivity index (χ3n) is 3.10. The number of carbonyl (C=O) groups is 1. The van der Waals surface area contributed by atoms with E-state index in [2.05, 4.69) is 20.5 Å². The van der Waals surface area contributed by atoms with Crippen molar-refractivity contribution in [1.29, 1.82) is 0 Å². The molecule has 0 aliphatic carbocycles. The Morgan fingerprint density at radius 1 is 1.25 bits per heavy atom. The fourth-order valence-corrected chi connectivity index (χ4v) is 2.19. The Bertz CT molecular complexity index is 781. The van der Waals surface area contributed by atoms with Crippen LogP contribution in [0.15, 0.2) is 24.5 Å². The van der Waals surface area contributed by atoms with Gasteiger partial charge in [0.1, 0.15) is 16.7 Å². The molecule has 1 aromatic carbocycles. The Hall–Kier alpha value is -2.70. The number of imidazole rings is 1. The van der Waals surface area contributed by atoms with Crippen molar-refractivity contribution < 1.29 is 4.79 Å². The summed E-state index contributed by atoms with van der Waals surface area (Å²) in [6.07, 6.45) is 1.62. The lowest BCUT2D eigenvalue weighted by Gasteiger charge is -2.06. The van der Waals surface area contributed by atoms with Gasteiger partial charge in [0.05, 0.1) is 17.7 Å². The second-order valence-corrected chi connectivity index (χ2v) is 4.61. The molecule has 3 aromatic rings. The summed E-state index contributed by atoms with van der Waals surface area (Å²) in [5.41, 5.74) is 3.28. The molecule has 1 amide bonds. The van der Waals surface area contributed by atoms with E-state index in [4.69, 9.17) is 0 Å². The average Bonchev–Trinajstić information content (AvgIpc) is 2.92. The van der Waals surface area contributed by atoms with E-state index in [9.17, 15) is 4.79 Å². The zero-order valence-electron chi connectivity index (χ0n) is 11.5. The van der Waals surface area contributed by atoms with Crippen LogP contribution in [0.2, 0.25) is 0 Å². The van der Waals surface area contributed by atoms with Crippen LogP contribution in [0, 0.1) is 6.92 Å². The van der Waals surface area contributed by atoms with Crippen molar-refractivity contribution >= 4 is 22.6 Å². The van der Waals surface area contributed by atoms with E-state index in [1.165, 1.54) is 4.80 Å². The van der Waals surface area contributed by atoms with Gasteiger partial charge >= 0.3 is 0 Å². The van der Waals surface area contributed by atoms with E-state index < -0.39 is 0 Å². The minimum Gasteiger partial charge on any atom is -0.330 e. The summed E-state index contributed by atoms with van der Waals surface area (Å²) in [6, 6.07) is 5.50. The Morgan fingerprint density at radius 3 is 2.75 bits per heavy atom. The number of fused-ring (bicyclic) bond motifs is 1.